The van der Waals surface area contributed by atoms with Gasteiger partial charge in [-0.3, -0.25) is 19.3 Å². The first-order valence-electron chi connectivity index (χ1n) is 10.1. The second-order valence-corrected chi connectivity index (χ2v) is 7.78. The van der Waals surface area contributed by atoms with E-state index < -0.39 is 40.9 Å². The number of aromatic nitrogens is 2. The lowest BCUT2D eigenvalue weighted by atomic mass is 10.0. The Morgan fingerprint density at radius 3 is 2.66 bits per heavy atom. The van der Waals surface area contributed by atoms with Crippen LogP contribution in [-0.4, -0.2) is 51.1 Å². The minimum atomic E-state index is -1.01. The number of benzene rings is 1. The van der Waals surface area contributed by atoms with Crippen molar-refractivity contribution in [1.82, 2.24) is 14.1 Å². The molecule has 2 aromatic heterocycles. The van der Waals surface area contributed by atoms with E-state index in [-0.39, 0.29) is 18.8 Å². The summed E-state index contributed by atoms with van der Waals surface area (Å²) in [6.07, 6.45) is 2.60. The molecule has 0 aliphatic carbocycles. The Morgan fingerprint density at radius 2 is 1.94 bits per heavy atom. The molecule has 0 saturated carbocycles. The van der Waals surface area contributed by atoms with Crippen molar-refractivity contribution in [3.63, 3.8) is 0 Å². The van der Waals surface area contributed by atoms with Crippen molar-refractivity contribution in [2.45, 2.75) is 12.2 Å². The van der Waals surface area contributed by atoms with Crippen molar-refractivity contribution < 1.29 is 23.4 Å². The SMILES string of the molecule is Cn1cccc1[C@H](c1ccc(F)c(F)c1)N1[C@@H]2COCCN2C(=O)c2c(O)c(=O)ccn21. The number of ether oxygens (including phenoxy) is 1. The zero-order valence-corrected chi connectivity index (χ0v) is 17.1. The fraction of sp³-hybridized carbons (Fsp3) is 0.273. The van der Waals surface area contributed by atoms with Gasteiger partial charge in [-0.1, -0.05) is 6.07 Å². The number of hydrogen-bond acceptors (Lipinski definition) is 5. The standard InChI is InChI=1S/C22H20F2N4O4/c1-25-7-2-3-16(25)19(13-4-5-14(23)15(24)11-13)28-18-12-32-10-9-26(18)22(31)20-21(30)17(29)6-8-27(20)28/h2-8,11,18-19,30H,9-10,12H2,1H3/t18-,19+/m1/s1. The van der Waals surface area contributed by atoms with E-state index in [0.29, 0.717) is 12.2 Å². The Hall–Kier alpha value is -3.66. The normalized spacial score (nSPS) is 19.0. The number of carbonyl (C=O) groups is 1. The van der Waals surface area contributed by atoms with Crippen LogP contribution in [0.15, 0.2) is 53.6 Å². The van der Waals surface area contributed by atoms with Crippen molar-refractivity contribution in [3.8, 4) is 5.75 Å². The van der Waals surface area contributed by atoms with E-state index >= 15 is 0 Å². The number of aryl methyl sites for hydroxylation is 1. The number of hydrogen-bond donors (Lipinski definition) is 1. The molecule has 2 aliphatic rings. The summed E-state index contributed by atoms with van der Waals surface area (Å²) in [5.74, 6) is -3.14. The van der Waals surface area contributed by atoms with Crippen LogP contribution in [-0.2, 0) is 11.8 Å². The summed E-state index contributed by atoms with van der Waals surface area (Å²) >= 11 is 0. The maximum atomic E-state index is 14.3. The molecule has 3 aromatic rings. The first-order chi connectivity index (χ1) is 15.4. The first-order valence-corrected chi connectivity index (χ1v) is 10.1. The molecule has 4 heterocycles. The molecule has 1 aromatic carbocycles. The van der Waals surface area contributed by atoms with Crippen LogP contribution >= 0.6 is 0 Å². The number of halogens is 2. The molecular weight excluding hydrogens is 422 g/mol. The monoisotopic (exact) mass is 442 g/mol. The minimum absolute atomic E-state index is 0.155. The quantitative estimate of drug-likeness (QED) is 0.668. The van der Waals surface area contributed by atoms with Gasteiger partial charge in [-0.15, -0.1) is 0 Å². The summed E-state index contributed by atoms with van der Waals surface area (Å²) in [5, 5.41) is 12.2. The average Bonchev–Trinajstić information content (AvgIpc) is 3.20. The zero-order valence-electron chi connectivity index (χ0n) is 17.1. The predicted octanol–water partition coefficient (Wildman–Crippen LogP) is 1.71. The Balaban J connectivity index is 1.79. The van der Waals surface area contributed by atoms with Crippen LogP contribution in [0.5, 0.6) is 5.75 Å². The summed E-state index contributed by atoms with van der Waals surface area (Å²) in [6, 6.07) is 7.74. The van der Waals surface area contributed by atoms with E-state index in [1.165, 1.54) is 21.8 Å². The topological polar surface area (TPSA) is 79.9 Å². The molecule has 10 heteroatoms. The van der Waals surface area contributed by atoms with Crippen molar-refractivity contribution in [1.29, 1.82) is 0 Å². The maximum Gasteiger partial charge on any atom is 0.278 e. The smallest absolute Gasteiger partial charge is 0.278 e. The third-order valence-corrected chi connectivity index (χ3v) is 5.96. The van der Waals surface area contributed by atoms with Gasteiger partial charge < -0.3 is 19.3 Å². The zero-order chi connectivity index (χ0) is 22.6. The molecular formula is C22H20F2N4O4. The van der Waals surface area contributed by atoms with Gasteiger partial charge in [0.1, 0.15) is 12.2 Å². The van der Waals surface area contributed by atoms with E-state index in [9.17, 15) is 23.5 Å². The van der Waals surface area contributed by atoms with Crippen LogP contribution in [0.3, 0.4) is 0 Å². The van der Waals surface area contributed by atoms with E-state index in [2.05, 4.69) is 0 Å². The lowest BCUT2D eigenvalue weighted by molar-refractivity contribution is -0.0199. The molecule has 0 radical (unpaired) electrons. The lowest BCUT2D eigenvalue weighted by Crippen LogP contribution is -2.66. The molecule has 1 amide bonds. The van der Waals surface area contributed by atoms with Gasteiger partial charge in [0, 0.05) is 37.7 Å². The van der Waals surface area contributed by atoms with Crippen molar-refractivity contribution in [2.75, 3.05) is 24.8 Å². The summed E-state index contributed by atoms with van der Waals surface area (Å²) < 4.78 is 36.9. The Labute approximate surface area is 181 Å². The highest BCUT2D eigenvalue weighted by molar-refractivity contribution is 5.96. The molecule has 5 rings (SSSR count). The number of nitrogens with zero attached hydrogens (tertiary/aromatic N) is 4. The van der Waals surface area contributed by atoms with Gasteiger partial charge in [-0.2, -0.15) is 0 Å². The van der Waals surface area contributed by atoms with Crippen LogP contribution in [0.1, 0.15) is 27.8 Å². The molecule has 0 bridgehead atoms. The largest absolute Gasteiger partial charge is 0.502 e. The van der Waals surface area contributed by atoms with Crippen LogP contribution in [0, 0.1) is 11.6 Å². The van der Waals surface area contributed by atoms with Gasteiger partial charge in [0.05, 0.1) is 13.2 Å². The number of rotatable bonds is 3. The predicted molar refractivity (Wildman–Crippen MR) is 110 cm³/mol. The molecule has 1 fully saturated rings. The third kappa shape index (κ3) is 2.98. The van der Waals surface area contributed by atoms with Gasteiger partial charge in [0.2, 0.25) is 5.43 Å². The van der Waals surface area contributed by atoms with Crippen molar-refractivity contribution >= 4 is 5.91 Å². The van der Waals surface area contributed by atoms with Crippen LogP contribution in [0.4, 0.5) is 8.78 Å². The van der Waals surface area contributed by atoms with Gasteiger partial charge in [-0.05, 0) is 29.8 Å². The van der Waals surface area contributed by atoms with E-state index in [1.807, 2.05) is 29.9 Å². The molecule has 2 aliphatic heterocycles. The van der Waals surface area contributed by atoms with Crippen LogP contribution in [0.2, 0.25) is 0 Å². The van der Waals surface area contributed by atoms with Crippen molar-refractivity contribution in [2.24, 2.45) is 7.05 Å². The Morgan fingerprint density at radius 1 is 1.12 bits per heavy atom. The average molecular weight is 442 g/mol. The minimum Gasteiger partial charge on any atom is -0.502 e. The van der Waals surface area contributed by atoms with Gasteiger partial charge in [0.15, 0.2) is 23.1 Å². The highest BCUT2D eigenvalue weighted by atomic mass is 19.2. The highest BCUT2D eigenvalue weighted by Gasteiger charge is 2.45. The molecule has 32 heavy (non-hydrogen) atoms. The summed E-state index contributed by atoms with van der Waals surface area (Å²) in [4.78, 5) is 26.8. The Bertz CT molecular complexity index is 1270. The van der Waals surface area contributed by atoms with Crippen LogP contribution in [0.25, 0.3) is 0 Å². The summed E-state index contributed by atoms with van der Waals surface area (Å²) in [7, 11) is 1.82. The van der Waals surface area contributed by atoms with Gasteiger partial charge >= 0.3 is 0 Å². The number of morpholine rings is 1. The third-order valence-electron chi connectivity index (χ3n) is 5.96. The number of amides is 1. The summed E-state index contributed by atoms with van der Waals surface area (Å²) in [5.41, 5.74) is 0.284. The van der Waals surface area contributed by atoms with E-state index in [1.54, 1.807) is 5.01 Å². The van der Waals surface area contributed by atoms with Crippen LogP contribution < -0.4 is 10.4 Å². The summed E-state index contributed by atoms with van der Waals surface area (Å²) in [6.45, 7) is 0.705. The second kappa shape index (κ2) is 7.49. The van der Waals surface area contributed by atoms with E-state index in [4.69, 9.17) is 4.74 Å². The van der Waals surface area contributed by atoms with Gasteiger partial charge in [-0.25, -0.2) is 8.78 Å². The van der Waals surface area contributed by atoms with Gasteiger partial charge in [0.25, 0.3) is 5.91 Å². The first kappa shape index (κ1) is 20.3. The maximum absolute atomic E-state index is 14.3. The highest BCUT2D eigenvalue weighted by Crippen LogP contribution is 2.36. The molecule has 8 nitrogen and oxygen atoms in total. The fourth-order valence-corrected chi connectivity index (χ4v) is 4.43. The van der Waals surface area contributed by atoms with E-state index in [0.717, 1.165) is 23.9 Å². The number of carbonyl (C=O) groups excluding carboxylic acids is 1. The second-order valence-electron chi connectivity index (χ2n) is 7.78. The molecule has 0 spiro atoms. The number of aromatic hydroxyl groups is 1. The molecule has 0 unspecified atom stereocenters. The molecule has 1 saturated heterocycles. The molecule has 166 valence electrons. The number of pyridine rings is 1. The van der Waals surface area contributed by atoms with Crippen molar-refractivity contribution in [3.05, 3.63) is 87.6 Å². The molecule has 2 atom stereocenters. The molecule has 1 N–H and O–H groups in total. The fourth-order valence-electron chi connectivity index (χ4n) is 4.43. The Kier molecular flexibility index (Phi) is 4.74. The number of fused-ring (bicyclic) bond motifs is 2. The lowest BCUT2D eigenvalue weighted by Gasteiger charge is -2.51.